The van der Waals surface area contributed by atoms with E-state index in [9.17, 15) is 9.59 Å². The summed E-state index contributed by atoms with van der Waals surface area (Å²) in [5, 5.41) is 1.51. The Bertz CT molecular complexity index is 2400. The molecule has 0 bridgehead atoms. The molecule has 8 rings (SSSR count). The van der Waals surface area contributed by atoms with E-state index < -0.39 is 0 Å². The Balaban J connectivity index is 1.23. The van der Waals surface area contributed by atoms with E-state index in [0.29, 0.717) is 45.4 Å². The number of ketones is 2. The van der Waals surface area contributed by atoms with Gasteiger partial charge in [0.2, 0.25) is 11.6 Å². The molecule has 0 aliphatic heterocycles. The summed E-state index contributed by atoms with van der Waals surface area (Å²) in [7, 11) is 0. The van der Waals surface area contributed by atoms with E-state index in [1.807, 2.05) is 133 Å². The summed E-state index contributed by atoms with van der Waals surface area (Å²) in [6.07, 6.45) is 0. The lowest BCUT2D eigenvalue weighted by Crippen LogP contribution is -2.38. The third kappa shape index (κ3) is 8.30. The van der Waals surface area contributed by atoms with Gasteiger partial charge >= 0.3 is 0 Å². The molecule has 0 saturated carbocycles. The number of thiazole rings is 2. The second kappa shape index (κ2) is 17.8. The number of benzene rings is 6. The lowest BCUT2D eigenvalue weighted by molar-refractivity contribution is 0.103. The van der Waals surface area contributed by atoms with Crippen LogP contribution in [0.15, 0.2) is 182 Å². The molecule has 2 atom stereocenters. The Morgan fingerprint density at radius 3 is 1.07 bits per heavy atom. The van der Waals surface area contributed by atoms with Crippen LogP contribution in [0, 0.1) is 0 Å². The third-order valence-electron chi connectivity index (χ3n) is 10.4. The van der Waals surface area contributed by atoms with Gasteiger partial charge in [0.15, 0.2) is 10.3 Å². The maximum atomic E-state index is 14.2. The van der Waals surface area contributed by atoms with Gasteiger partial charge in [-0.15, -0.1) is 0 Å². The first-order valence-corrected chi connectivity index (χ1v) is 21.0. The van der Waals surface area contributed by atoms with Gasteiger partial charge in [-0.1, -0.05) is 205 Å². The van der Waals surface area contributed by atoms with Crippen LogP contribution in [-0.2, 0) is 0 Å². The van der Waals surface area contributed by atoms with E-state index in [-0.39, 0.29) is 23.7 Å². The molecule has 2 aromatic heterocycles. The molecule has 0 amide bonds. The fourth-order valence-electron chi connectivity index (χ4n) is 7.14. The normalized spacial score (nSPS) is 12.1. The van der Waals surface area contributed by atoms with Crippen LogP contribution in [0.4, 0.5) is 10.3 Å². The van der Waals surface area contributed by atoms with Gasteiger partial charge in [-0.3, -0.25) is 9.59 Å². The van der Waals surface area contributed by atoms with Crippen molar-refractivity contribution in [1.29, 1.82) is 0 Å². The minimum Gasteiger partial charge on any atom is -0.340 e. The molecule has 0 aliphatic rings. The summed E-state index contributed by atoms with van der Waals surface area (Å²) in [6.45, 7) is 5.48. The summed E-state index contributed by atoms with van der Waals surface area (Å²) in [6, 6.07) is 59.4. The number of aromatic nitrogens is 2. The number of carbonyl (C=O) groups excluding carboxylic acids is 2. The highest BCUT2D eigenvalue weighted by Crippen LogP contribution is 2.41. The Morgan fingerprint density at radius 1 is 0.448 bits per heavy atom. The third-order valence-corrected chi connectivity index (χ3v) is 12.6. The Labute approximate surface area is 347 Å². The Kier molecular flexibility index (Phi) is 11.8. The molecule has 0 saturated heterocycles. The van der Waals surface area contributed by atoms with E-state index in [2.05, 4.69) is 72.2 Å². The zero-order valence-electron chi connectivity index (χ0n) is 32.3. The fourth-order valence-corrected chi connectivity index (χ4v) is 9.46. The van der Waals surface area contributed by atoms with Crippen LogP contribution in [0.25, 0.3) is 22.5 Å². The molecule has 286 valence electrons. The van der Waals surface area contributed by atoms with Crippen LogP contribution in [0.3, 0.4) is 0 Å². The van der Waals surface area contributed by atoms with Crippen molar-refractivity contribution in [2.75, 3.05) is 22.9 Å². The van der Waals surface area contributed by atoms with E-state index in [1.54, 1.807) is 0 Å². The van der Waals surface area contributed by atoms with Crippen molar-refractivity contribution in [1.82, 2.24) is 9.97 Å². The first-order chi connectivity index (χ1) is 28.5. The lowest BCUT2D eigenvalue weighted by atomic mass is 10.1. The second-order valence-electron chi connectivity index (χ2n) is 14.0. The summed E-state index contributed by atoms with van der Waals surface area (Å²) in [4.78, 5) is 44.9. The lowest BCUT2D eigenvalue weighted by Gasteiger charge is -2.34. The van der Waals surface area contributed by atoms with E-state index >= 15 is 0 Å². The molecule has 2 unspecified atom stereocenters. The van der Waals surface area contributed by atoms with Crippen molar-refractivity contribution in [2.24, 2.45) is 0 Å². The van der Waals surface area contributed by atoms with Crippen molar-refractivity contribution in [3.63, 3.8) is 0 Å². The van der Waals surface area contributed by atoms with Gasteiger partial charge in [0.1, 0.15) is 9.75 Å². The van der Waals surface area contributed by atoms with Crippen molar-refractivity contribution >= 4 is 44.5 Å². The van der Waals surface area contributed by atoms with Crippen LogP contribution in [-0.4, -0.2) is 34.6 Å². The van der Waals surface area contributed by atoms with Gasteiger partial charge in [0.05, 0.1) is 23.5 Å². The standard InChI is InChI=1S/C50H42N4O2S2/c1-35(37-21-9-3-10-22-37)53(49-51-43(39-25-13-5-14-26-39)47(57-49)45(55)41-29-17-7-18-30-41)33-34-54(36(2)38-23-11-4-12-24-38)50-52-44(40-27-15-6-16-28-40)48(58-50)46(56)42-31-19-8-20-32-42/h3-32,35-36H,33-34H2,1-2H3. The number of hydrogen-bond donors (Lipinski definition) is 0. The highest BCUT2D eigenvalue weighted by atomic mass is 32.1. The van der Waals surface area contributed by atoms with E-state index in [1.165, 1.54) is 22.7 Å². The quantitative estimate of drug-likeness (QED) is 0.0963. The minimum atomic E-state index is -0.0871. The van der Waals surface area contributed by atoms with Gasteiger partial charge in [-0.25, -0.2) is 9.97 Å². The maximum absolute atomic E-state index is 14.2. The molecule has 0 fully saturated rings. The Hall–Kier alpha value is -6.48. The molecule has 8 aromatic rings. The predicted octanol–water partition coefficient (Wildman–Crippen LogP) is 12.2. The monoisotopic (exact) mass is 794 g/mol. The first kappa shape index (κ1) is 38.4. The molecule has 0 aliphatic carbocycles. The average Bonchev–Trinajstić information content (AvgIpc) is 3.95. The van der Waals surface area contributed by atoms with Crippen molar-refractivity contribution in [2.45, 2.75) is 25.9 Å². The van der Waals surface area contributed by atoms with Gasteiger partial charge in [-0.2, -0.15) is 0 Å². The van der Waals surface area contributed by atoms with Gasteiger partial charge < -0.3 is 9.80 Å². The van der Waals surface area contributed by atoms with Crippen LogP contribution < -0.4 is 9.80 Å². The van der Waals surface area contributed by atoms with Crippen molar-refractivity contribution in [3.05, 3.63) is 214 Å². The number of carbonyl (C=O) groups is 2. The summed E-state index contributed by atoms with van der Waals surface area (Å²) in [5.74, 6) is -0.108. The second-order valence-corrected chi connectivity index (χ2v) is 16.0. The predicted molar refractivity (Wildman–Crippen MR) is 239 cm³/mol. The topological polar surface area (TPSA) is 66.4 Å². The summed E-state index contributed by atoms with van der Waals surface area (Å²) >= 11 is 2.87. The molecule has 2 heterocycles. The van der Waals surface area contributed by atoms with E-state index in [0.717, 1.165) is 32.5 Å². The molecule has 0 radical (unpaired) electrons. The van der Waals surface area contributed by atoms with Crippen LogP contribution >= 0.6 is 22.7 Å². The minimum absolute atomic E-state index is 0.0540. The molecule has 8 heteroatoms. The SMILES string of the molecule is CC(c1ccccc1)N(CCN(c1nc(-c2ccccc2)c(C(=O)c2ccccc2)s1)C(C)c1ccccc1)c1nc(-c2ccccc2)c(C(=O)c2ccccc2)s1. The smallest absolute Gasteiger partial charge is 0.205 e. The Morgan fingerprint density at radius 2 is 0.741 bits per heavy atom. The maximum Gasteiger partial charge on any atom is 0.205 e. The zero-order valence-corrected chi connectivity index (χ0v) is 33.9. The van der Waals surface area contributed by atoms with Crippen LogP contribution in [0.1, 0.15) is 67.5 Å². The highest BCUT2D eigenvalue weighted by Gasteiger charge is 2.30. The van der Waals surface area contributed by atoms with Crippen molar-refractivity contribution < 1.29 is 9.59 Å². The molecular weight excluding hydrogens is 753 g/mol. The van der Waals surface area contributed by atoms with Gasteiger partial charge in [-0.05, 0) is 25.0 Å². The fraction of sp³-hybridized carbons (Fsp3) is 0.120. The first-order valence-electron chi connectivity index (χ1n) is 19.4. The number of nitrogens with zero attached hydrogens (tertiary/aromatic N) is 4. The van der Waals surface area contributed by atoms with Gasteiger partial charge in [0, 0.05) is 35.3 Å². The molecule has 58 heavy (non-hydrogen) atoms. The summed E-state index contributed by atoms with van der Waals surface area (Å²) < 4.78 is 0. The molecule has 0 N–H and O–H groups in total. The molecule has 6 aromatic carbocycles. The summed E-state index contributed by atoms with van der Waals surface area (Å²) in [5.41, 5.74) is 6.64. The highest BCUT2D eigenvalue weighted by molar-refractivity contribution is 7.18. The number of hydrogen-bond acceptors (Lipinski definition) is 8. The molecule has 0 spiro atoms. The largest absolute Gasteiger partial charge is 0.340 e. The van der Waals surface area contributed by atoms with Crippen LogP contribution in [0.2, 0.25) is 0 Å². The zero-order chi connectivity index (χ0) is 39.8. The number of anilines is 2. The molecule has 6 nitrogen and oxygen atoms in total. The van der Waals surface area contributed by atoms with E-state index in [4.69, 9.17) is 9.97 Å². The number of rotatable bonds is 15. The van der Waals surface area contributed by atoms with Crippen LogP contribution in [0.5, 0.6) is 0 Å². The molecular formula is C50H42N4O2S2. The van der Waals surface area contributed by atoms with Crippen molar-refractivity contribution in [3.8, 4) is 22.5 Å². The van der Waals surface area contributed by atoms with Gasteiger partial charge in [0.25, 0.3) is 0 Å². The average molecular weight is 795 g/mol.